The molecule has 0 aromatic heterocycles. The summed E-state index contributed by atoms with van der Waals surface area (Å²) < 4.78 is 13.2. The molecule has 19 heavy (non-hydrogen) atoms. The highest BCUT2D eigenvalue weighted by atomic mass is 35.5. The summed E-state index contributed by atoms with van der Waals surface area (Å²) in [5, 5.41) is 0.469. The number of hydrogen-bond donors (Lipinski definition) is 1. The first-order valence-corrected chi connectivity index (χ1v) is 7.31. The van der Waals surface area contributed by atoms with Gasteiger partial charge in [-0.25, -0.2) is 4.39 Å². The lowest BCUT2D eigenvalue weighted by Crippen LogP contribution is -2.40. The van der Waals surface area contributed by atoms with Crippen molar-refractivity contribution in [2.75, 3.05) is 13.1 Å². The normalized spacial score (nSPS) is 17.2. The molecule has 0 spiro atoms. The Bertz CT molecular complexity index is 432. The molecule has 2 nitrogen and oxygen atoms in total. The van der Waals surface area contributed by atoms with E-state index >= 15 is 0 Å². The molecule has 1 aliphatic rings. The molecule has 2 N–H and O–H groups in total. The Morgan fingerprint density at radius 2 is 2.11 bits per heavy atom. The second-order valence-electron chi connectivity index (χ2n) is 5.65. The lowest BCUT2D eigenvalue weighted by atomic mass is 10.0. The van der Waals surface area contributed by atoms with Gasteiger partial charge in [0, 0.05) is 30.2 Å². The fraction of sp³-hybridized carbons (Fsp3) is 0.600. The van der Waals surface area contributed by atoms with E-state index in [0.717, 1.165) is 18.0 Å². The van der Waals surface area contributed by atoms with Crippen molar-refractivity contribution < 1.29 is 4.39 Å². The molecular weight excluding hydrogens is 263 g/mol. The number of nitrogens with two attached hydrogens (primary N) is 1. The monoisotopic (exact) mass is 284 g/mol. The first kappa shape index (κ1) is 14.8. The van der Waals surface area contributed by atoms with Crippen molar-refractivity contribution in [2.24, 2.45) is 11.7 Å². The van der Waals surface area contributed by atoms with Gasteiger partial charge < -0.3 is 5.73 Å². The molecule has 4 heteroatoms. The molecule has 0 radical (unpaired) electrons. The lowest BCUT2D eigenvalue weighted by Gasteiger charge is -2.35. The molecule has 1 fully saturated rings. The Balaban J connectivity index is 2.24. The zero-order valence-corrected chi connectivity index (χ0v) is 12.3. The summed E-state index contributed by atoms with van der Waals surface area (Å²) >= 11 is 6.18. The zero-order valence-electron chi connectivity index (χ0n) is 11.6. The number of halogens is 2. The Hall–Kier alpha value is -0.640. The van der Waals surface area contributed by atoms with Gasteiger partial charge in [-0.2, -0.15) is 0 Å². The van der Waals surface area contributed by atoms with E-state index in [1.807, 2.05) is 0 Å². The van der Waals surface area contributed by atoms with Gasteiger partial charge in [0.05, 0.1) is 0 Å². The van der Waals surface area contributed by atoms with Gasteiger partial charge in [0.2, 0.25) is 0 Å². The third-order valence-electron chi connectivity index (χ3n) is 3.77. The molecule has 0 aliphatic heterocycles. The SMILES string of the molecule is CC(C)N(CC1CC1)C(CN)c1ccc(F)cc1Cl. The third kappa shape index (κ3) is 3.68. The first-order valence-electron chi connectivity index (χ1n) is 6.93. The summed E-state index contributed by atoms with van der Waals surface area (Å²) in [4.78, 5) is 2.39. The predicted molar refractivity (Wildman–Crippen MR) is 77.8 cm³/mol. The summed E-state index contributed by atoms with van der Waals surface area (Å²) in [5.74, 6) is 0.485. The Labute approximate surface area is 119 Å². The second-order valence-corrected chi connectivity index (χ2v) is 6.06. The fourth-order valence-electron chi connectivity index (χ4n) is 2.51. The van der Waals surface area contributed by atoms with E-state index in [-0.39, 0.29) is 11.9 Å². The maximum atomic E-state index is 13.2. The number of nitrogens with zero attached hydrogens (tertiary/aromatic N) is 1. The van der Waals surface area contributed by atoms with Crippen molar-refractivity contribution in [3.05, 3.63) is 34.6 Å². The maximum absolute atomic E-state index is 13.2. The molecule has 1 aromatic rings. The highest BCUT2D eigenvalue weighted by Crippen LogP contribution is 2.35. The van der Waals surface area contributed by atoms with Gasteiger partial charge >= 0.3 is 0 Å². The fourth-order valence-corrected chi connectivity index (χ4v) is 2.80. The summed E-state index contributed by atoms with van der Waals surface area (Å²) in [7, 11) is 0. The Kier molecular flexibility index (Phi) is 4.82. The van der Waals surface area contributed by atoms with Crippen LogP contribution in [-0.2, 0) is 0 Å². The van der Waals surface area contributed by atoms with Gasteiger partial charge in [0.25, 0.3) is 0 Å². The van der Waals surface area contributed by atoms with Crippen molar-refractivity contribution in [1.82, 2.24) is 4.90 Å². The summed E-state index contributed by atoms with van der Waals surface area (Å²) in [6, 6.07) is 5.05. The summed E-state index contributed by atoms with van der Waals surface area (Å²) in [6.45, 7) is 5.88. The summed E-state index contributed by atoms with van der Waals surface area (Å²) in [6.07, 6.45) is 2.61. The van der Waals surface area contributed by atoms with Crippen LogP contribution in [0.3, 0.4) is 0 Å². The van der Waals surface area contributed by atoms with E-state index in [2.05, 4.69) is 18.7 Å². The Morgan fingerprint density at radius 1 is 1.42 bits per heavy atom. The minimum Gasteiger partial charge on any atom is -0.329 e. The lowest BCUT2D eigenvalue weighted by molar-refractivity contribution is 0.149. The molecule has 2 rings (SSSR count). The van der Waals surface area contributed by atoms with Crippen molar-refractivity contribution in [3.63, 3.8) is 0 Å². The minimum absolute atomic E-state index is 0.0636. The average molecular weight is 285 g/mol. The molecule has 0 heterocycles. The maximum Gasteiger partial charge on any atom is 0.124 e. The van der Waals surface area contributed by atoms with E-state index < -0.39 is 0 Å². The van der Waals surface area contributed by atoms with Crippen LogP contribution in [0.15, 0.2) is 18.2 Å². The molecule has 1 aliphatic carbocycles. The van der Waals surface area contributed by atoms with Crippen LogP contribution in [-0.4, -0.2) is 24.0 Å². The molecular formula is C15H22ClFN2. The standard InChI is InChI=1S/C15H22ClFN2/c1-10(2)19(9-11-3-4-11)15(8-18)13-6-5-12(17)7-14(13)16/h5-7,10-11,15H,3-4,8-9,18H2,1-2H3. The van der Waals surface area contributed by atoms with Crippen LogP contribution in [0.2, 0.25) is 5.02 Å². The summed E-state index contributed by atoms with van der Waals surface area (Å²) in [5.41, 5.74) is 6.88. The van der Waals surface area contributed by atoms with Gasteiger partial charge in [-0.3, -0.25) is 4.90 Å². The molecule has 1 unspecified atom stereocenters. The van der Waals surface area contributed by atoms with Gasteiger partial charge in [0.1, 0.15) is 5.82 Å². The molecule has 106 valence electrons. The van der Waals surface area contributed by atoms with Crippen LogP contribution in [0.5, 0.6) is 0 Å². The number of benzene rings is 1. The highest BCUT2D eigenvalue weighted by molar-refractivity contribution is 6.31. The molecule has 0 bridgehead atoms. The van der Waals surface area contributed by atoms with Crippen LogP contribution in [0, 0.1) is 11.7 Å². The van der Waals surface area contributed by atoms with E-state index in [0.29, 0.717) is 17.6 Å². The van der Waals surface area contributed by atoms with Crippen LogP contribution in [0.4, 0.5) is 4.39 Å². The molecule has 1 aromatic carbocycles. The highest BCUT2D eigenvalue weighted by Gasteiger charge is 2.30. The third-order valence-corrected chi connectivity index (χ3v) is 4.10. The van der Waals surface area contributed by atoms with Crippen molar-refractivity contribution >= 4 is 11.6 Å². The van der Waals surface area contributed by atoms with Crippen LogP contribution < -0.4 is 5.73 Å². The molecule has 0 amide bonds. The van der Waals surface area contributed by atoms with E-state index in [1.165, 1.54) is 25.0 Å². The van der Waals surface area contributed by atoms with E-state index in [9.17, 15) is 4.39 Å². The average Bonchev–Trinajstić information content (AvgIpc) is 3.14. The second kappa shape index (κ2) is 6.21. The van der Waals surface area contributed by atoms with Gasteiger partial charge in [0.15, 0.2) is 0 Å². The van der Waals surface area contributed by atoms with Gasteiger partial charge in [-0.15, -0.1) is 0 Å². The van der Waals surface area contributed by atoms with Crippen molar-refractivity contribution in [3.8, 4) is 0 Å². The predicted octanol–water partition coefficient (Wildman–Crippen LogP) is 3.60. The Morgan fingerprint density at radius 3 is 2.58 bits per heavy atom. The molecule has 1 atom stereocenters. The smallest absolute Gasteiger partial charge is 0.124 e. The zero-order chi connectivity index (χ0) is 14.0. The van der Waals surface area contributed by atoms with E-state index in [4.69, 9.17) is 17.3 Å². The topological polar surface area (TPSA) is 29.3 Å². The van der Waals surface area contributed by atoms with Crippen LogP contribution in [0.1, 0.15) is 38.3 Å². The van der Waals surface area contributed by atoms with Crippen LogP contribution >= 0.6 is 11.6 Å². The quantitative estimate of drug-likeness (QED) is 0.865. The number of rotatable bonds is 6. The minimum atomic E-state index is -0.303. The van der Waals surface area contributed by atoms with Gasteiger partial charge in [-0.1, -0.05) is 17.7 Å². The van der Waals surface area contributed by atoms with Crippen molar-refractivity contribution in [2.45, 2.75) is 38.8 Å². The van der Waals surface area contributed by atoms with E-state index in [1.54, 1.807) is 6.07 Å². The van der Waals surface area contributed by atoms with Gasteiger partial charge in [-0.05, 0) is 50.3 Å². The van der Waals surface area contributed by atoms with Crippen LogP contribution in [0.25, 0.3) is 0 Å². The molecule has 0 saturated heterocycles. The first-order chi connectivity index (χ1) is 9.02. The molecule has 1 saturated carbocycles. The largest absolute Gasteiger partial charge is 0.329 e. The van der Waals surface area contributed by atoms with Crippen molar-refractivity contribution in [1.29, 1.82) is 0 Å². The number of hydrogen-bond acceptors (Lipinski definition) is 2.